The van der Waals surface area contributed by atoms with Gasteiger partial charge in [0.1, 0.15) is 110 Å². The van der Waals surface area contributed by atoms with Gasteiger partial charge in [-0.05, 0) is 0 Å². The summed E-state index contributed by atoms with van der Waals surface area (Å²) in [6, 6.07) is -5.20. The summed E-state index contributed by atoms with van der Waals surface area (Å²) in [6.07, 6.45) is -45.5. The standard InChI is InChI=1S/C36H57N3O28/c1-7(43)37-13-19(49)16(46)10(4-40)60-33(13)64-26-20(50)23(53)36(67-28(26)30(54)55)63-25-15(39-9(3)45)34(61-12(6-42)18(25)48)65-27-21(51)22(52)35(66-29(27)31(56)57)62-24-14(38-8(2)44)32(58)59-11(5-41)17(24)47/h10-29,32-36,40-42,46-53,58H,4-6H2,1-3H3,(H,37,43)(H,38,44)(H,39,45)(H,54,55)(H,56,57)/t10-,11-,12-,13-,14-,15-,16+,17+,18+,19-,20-,21-,22-,23-,24-,25-,26+,27+,28+,29+,32?,33+,34+,35-,36-/m1/s1. The van der Waals surface area contributed by atoms with E-state index in [1.165, 1.54) is 0 Å². The topological polar surface area (TPSA) is 488 Å². The molecule has 0 aromatic rings. The SMILES string of the molecule is CC(=O)N[C@H]1[C@H](O[C@H]2[C@H](O)[C@@H](O)[C@H](O[C@H]3[C@@H](O)[C@@H](CO)O[C@@H](O[C@H]4[C@H](O)[C@@H](O)[C@H](O[C@H]5[C@@H](O)[C@@H](CO)OC(O)[C@@H]5NC(C)=O)O[C@@H]4C(=O)O)[C@@H]3NC(C)=O)O[C@@H]2C(=O)O)O[C@H](CO)[C@H](O)[C@@H]1O. The van der Waals surface area contributed by atoms with Crippen LogP contribution in [0.2, 0.25) is 0 Å². The van der Waals surface area contributed by atoms with Crippen LogP contribution in [0, 0.1) is 0 Å². The van der Waals surface area contributed by atoms with Gasteiger partial charge in [0.05, 0.1) is 19.8 Å². The maximum absolute atomic E-state index is 12.7. The summed E-state index contributed by atoms with van der Waals surface area (Å²) >= 11 is 0. The molecule has 5 fully saturated rings. The Kier molecular flexibility index (Phi) is 18.7. The summed E-state index contributed by atoms with van der Waals surface area (Å²) < 4.78 is 49.9. The fraction of sp³-hybridized carbons (Fsp3) is 0.861. The van der Waals surface area contributed by atoms with Crippen LogP contribution in [0.1, 0.15) is 20.8 Å². The summed E-state index contributed by atoms with van der Waals surface area (Å²) in [5, 5.41) is 156. The third-order valence-corrected chi connectivity index (χ3v) is 11.5. The molecule has 0 saturated carbocycles. The van der Waals surface area contributed by atoms with Crippen molar-refractivity contribution in [1.82, 2.24) is 16.0 Å². The van der Waals surface area contributed by atoms with Crippen LogP contribution < -0.4 is 16.0 Å². The maximum atomic E-state index is 12.7. The highest BCUT2D eigenvalue weighted by atomic mass is 16.8. The smallest absolute Gasteiger partial charge is 0.335 e. The largest absolute Gasteiger partial charge is 0.479 e. The van der Waals surface area contributed by atoms with Crippen molar-refractivity contribution in [3.8, 4) is 0 Å². The third kappa shape index (κ3) is 11.9. The van der Waals surface area contributed by atoms with Gasteiger partial charge in [-0.1, -0.05) is 0 Å². The molecule has 5 rings (SSSR count). The molecule has 5 aliphatic rings. The second-order valence-corrected chi connectivity index (χ2v) is 16.2. The number of carbonyl (C=O) groups is 5. The van der Waals surface area contributed by atoms with Crippen LogP contribution in [0.25, 0.3) is 0 Å². The summed E-state index contributed by atoms with van der Waals surface area (Å²) in [7, 11) is 0. The van der Waals surface area contributed by atoms with Crippen molar-refractivity contribution in [2.75, 3.05) is 19.8 Å². The molecule has 0 aliphatic carbocycles. The highest BCUT2D eigenvalue weighted by molar-refractivity contribution is 5.75. The van der Waals surface area contributed by atoms with E-state index >= 15 is 0 Å². The first-order valence-electron chi connectivity index (χ1n) is 20.6. The van der Waals surface area contributed by atoms with E-state index in [2.05, 4.69) is 16.0 Å². The van der Waals surface area contributed by atoms with Gasteiger partial charge in [-0.25, -0.2) is 9.59 Å². The molecule has 384 valence electrons. The van der Waals surface area contributed by atoms with E-state index in [0.29, 0.717) is 0 Å². The summed E-state index contributed by atoms with van der Waals surface area (Å²) in [5.41, 5.74) is 0. The lowest BCUT2D eigenvalue weighted by Gasteiger charge is -2.50. The Labute approximate surface area is 377 Å². The van der Waals surface area contributed by atoms with Gasteiger partial charge in [-0.15, -0.1) is 0 Å². The molecule has 5 heterocycles. The molecule has 0 bridgehead atoms. The summed E-state index contributed by atoms with van der Waals surface area (Å²) in [5.74, 6) is -6.33. The van der Waals surface area contributed by atoms with Crippen LogP contribution >= 0.6 is 0 Å². The van der Waals surface area contributed by atoms with Crippen molar-refractivity contribution < 1.29 is 138 Å². The van der Waals surface area contributed by atoms with Gasteiger partial charge >= 0.3 is 11.9 Å². The van der Waals surface area contributed by atoms with Gasteiger partial charge in [-0.2, -0.15) is 0 Å². The maximum Gasteiger partial charge on any atom is 0.335 e. The molecule has 3 amide bonds. The van der Waals surface area contributed by atoms with Crippen LogP contribution in [0.4, 0.5) is 0 Å². The number of ether oxygens (including phenoxy) is 9. The average Bonchev–Trinajstić information content (AvgIpc) is 3.25. The molecule has 0 aromatic heterocycles. The average molecular weight is 980 g/mol. The number of aliphatic hydroxyl groups is 12. The number of aliphatic carboxylic acids is 2. The molecule has 1 unspecified atom stereocenters. The van der Waals surface area contributed by atoms with E-state index in [4.69, 9.17) is 42.6 Å². The Morgan fingerprint density at radius 1 is 0.403 bits per heavy atom. The van der Waals surface area contributed by atoms with Crippen LogP contribution in [0.3, 0.4) is 0 Å². The number of amides is 3. The molecule has 67 heavy (non-hydrogen) atoms. The minimum Gasteiger partial charge on any atom is -0.479 e. The number of carbonyl (C=O) groups excluding carboxylic acids is 3. The quantitative estimate of drug-likeness (QED) is 0.0683. The van der Waals surface area contributed by atoms with Crippen molar-refractivity contribution in [2.24, 2.45) is 0 Å². The Hall–Kier alpha value is -3.49. The molecule has 0 spiro atoms. The second kappa shape index (κ2) is 23.0. The van der Waals surface area contributed by atoms with Gasteiger partial charge < -0.3 is 130 Å². The predicted octanol–water partition coefficient (Wildman–Crippen LogP) is -11.3. The highest BCUT2D eigenvalue weighted by Crippen LogP contribution is 2.36. The Morgan fingerprint density at radius 2 is 0.746 bits per heavy atom. The molecule has 5 aliphatic heterocycles. The fourth-order valence-electron chi connectivity index (χ4n) is 8.17. The van der Waals surface area contributed by atoms with E-state index in [1.54, 1.807) is 0 Å². The number of nitrogens with one attached hydrogen (secondary N) is 3. The van der Waals surface area contributed by atoms with Crippen molar-refractivity contribution in [3.05, 3.63) is 0 Å². The van der Waals surface area contributed by atoms with Crippen LogP contribution in [0.5, 0.6) is 0 Å². The molecule has 0 radical (unpaired) electrons. The van der Waals surface area contributed by atoms with Crippen LogP contribution in [-0.2, 0) is 66.6 Å². The number of hydrogen-bond acceptors (Lipinski definition) is 26. The molecule has 31 nitrogen and oxygen atoms in total. The van der Waals surface area contributed by atoms with E-state index in [1.807, 2.05) is 0 Å². The first-order chi connectivity index (χ1) is 31.4. The van der Waals surface area contributed by atoms with Crippen molar-refractivity contribution >= 4 is 29.7 Å². The van der Waals surface area contributed by atoms with Gasteiger partial charge in [0.15, 0.2) is 43.7 Å². The van der Waals surface area contributed by atoms with E-state index in [0.717, 1.165) is 20.8 Å². The van der Waals surface area contributed by atoms with Gasteiger partial charge in [-0.3, -0.25) is 14.4 Å². The molecule has 5 saturated heterocycles. The first-order valence-corrected chi connectivity index (χ1v) is 20.6. The lowest BCUT2D eigenvalue weighted by Crippen LogP contribution is -2.71. The fourth-order valence-corrected chi connectivity index (χ4v) is 8.17. The zero-order valence-electron chi connectivity index (χ0n) is 35.5. The van der Waals surface area contributed by atoms with Gasteiger partial charge in [0, 0.05) is 20.8 Å². The lowest BCUT2D eigenvalue weighted by molar-refractivity contribution is -0.374. The lowest BCUT2D eigenvalue weighted by atomic mass is 9.93. The molecular formula is C36H57N3O28. The predicted molar refractivity (Wildman–Crippen MR) is 202 cm³/mol. The van der Waals surface area contributed by atoms with Gasteiger partial charge in [0.25, 0.3) is 0 Å². The van der Waals surface area contributed by atoms with E-state index in [9.17, 15) is 95.5 Å². The highest BCUT2D eigenvalue weighted by Gasteiger charge is 2.59. The molecular weight excluding hydrogens is 922 g/mol. The number of carboxylic acids is 2. The van der Waals surface area contributed by atoms with Crippen molar-refractivity contribution in [2.45, 2.75) is 174 Å². The number of rotatable bonds is 16. The number of carboxylic acid groups (broad SMARTS) is 2. The minimum absolute atomic E-state index is 0.780. The Balaban J connectivity index is 1.40. The molecule has 31 heteroatoms. The Morgan fingerprint density at radius 3 is 1.15 bits per heavy atom. The van der Waals surface area contributed by atoms with E-state index in [-0.39, 0.29) is 0 Å². The summed E-state index contributed by atoms with van der Waals surface area (Å²) in [4.78, 5) is 61.7. The normalized spacial score (nSPS) is 45.9. The zero-order valence-corrected chi connectivity index (χ0v) is 35.5. The Bertz CT molecular complexity index is 1720. The van der Waals surface area contributed by atoms with Crippen molar-refractivity contribution in [1.29, 1.82) is 0 Å². The van der Waals surface area contributed by atoms with Crippen molar-refractivity contribution in [3.63, 3.8) is 0 Å². The first kappa shape index (κ1) is 54.5. The molecule has 0 aromatic carbocycles. The third-order valence-electron chi connectivity index (χ3n) is 11.5. The second-order valence-electron chi connectivity index (χ2n) is 16.2. The van der Waals surface area contributed by atoms with Crippen LogP contribution in [0.15, 0.2) is 0 Å². The minimum atomic E-state index is -2.38. The number of aliphatic hydroxyl groups excluding tert-OH is 12. The number of hydrogen-bond donors (Lipinski definition) is 17. The molecule has 25 atom stereocenters. The van der Waals surface area contributed by atoms with Gasteiger partial charge in [0.2, 0.25) is 17.7 Å². The summed E-state index contributed by atoms with van der Waals surface area (Å²) in [6.45, 7) is 0.0384. The molecule has 17 N–H and O–H groups in total. The van der Waals surface area contributed by atoms with E-state index < -0.39 is 203 Å². The zero-order chi connectivity index (χ0) is 49.9. The van der Waals surface area contributed by atoms with Crippen LogP contribution in [-0.4, -0.2) is 274 Å². The monoisotopic (exact) mass is 979 g/mol.